The van der Waals surface area contributed by atoms with Gasteiger partial charge < -0.3 is 9.84 Å². The highest BCUT2D eigenvalue weighted by Gasteiger charge is 2.27. The number of hydrogen-bond donors (Lipinski definition) is 1. The summed E-state index contributed by atoms with van der Waals surface area (Å²) in [6.45, 7) is 3.02. The van der Waals surface area contributed by atoms with Gasteiger partial charge in [-0.1, -0.05) is 13.3 Å². The lowest BCUT2D eigenvalue weighted by Crippen LogP contribution is -2.35. The van der Waals surface area contributed by atoms with E-state index in [1.165, 1.54) is 6.42 Å². The van der Waals surface area contributed by atoms with Crippen LogP contribution in [0.5, 0.6) is 0 Å². The van der Waals surface area contributed by atoms with E-state index in [1.54, 1.807) is 0 Å². The second kappa shape index (κ2) is 3.94. The molecule has 0 bridgehead atoms. The van der Waals surface area contributed by atoms with E-state index >= 15 is 0 Å². The molecule has 2 heteroatoms. The molecule has 0 aromatic heterocycles. The summed E-state index contributed by atoms with van der Waals surface area (Å²) in [6, 6.07) is 0. The molecule has 60 valence electrons. The molecule has 1 N–H and O–H groups in total. The summed E-state index contributed by atoms with van der Waals surface area (Å²) in [5.74, 6) is 0. The Balaban J connectivity index is 1.86. The van der Waals surface area contributed by atoms with E-state index in [1.807, 2.05) is 0 Å². The maximum Gasteiger partial charge on any atom is 0.0624 e. The molecule has 1 saturated carbocycles. The molecular formula is C8H16O2. The first-order valence-corrected chi connectivity index (χ1v) is 4.12. The van der Waals surface area contributed by atoms with E-state index < -0.39 is 0 Å². The van der Waals surface area contributed by atoms with E-state index in [0.29, 0.717) is 6.10 Å². The van der Waals surface area contributed by atoms with Gasteiger partial charge in [-0.25, -0.2) is 0 Å². The molecule has 0 radical (unpaired) electrons. The van der Waals surface area contributed by atoms with Crippen LogP contribution in [0.1, 0.15) is 32.6 Å². The SMILES string of the molecule is CCCCO[C@H]1C[C@@H](O)C1. The summed E-state index contributed by atoms with van der Waals surface area (Å²) in [6.07, 6.45) is 4.32. The van der Waals surface area contributed by atoms with Crippen molar-refractivity contribution in [1.29, 1.82) is 0 Å². The fraction of sp³-hybridized carbons (Fsp3) is 1.00. The van der Waals surface area contributed by atoms with Crippen molar-refractivity contribution in [3.8, 4) is 0 Å². The van der Waals surface area contributed by atoms with Crippen molar-refractivity contribution in [1.82, 2.24) is 0 Å². The van der Waals surface area contributed by atoms with Crippen molar-refractivity contribution in [3.05, 3.63) is 0 Å². The molecule has 0 heterocycles. The highest BCUT2D eigenvalue weighted by Crippen LogP contribution is 2.22. The molecule has 0 aliphatic heterocycles. The molecule has 0 spiro atoms. The van der Waals surface area contributed by atoms with Gasteiger partial charge >= 0.3 is 0 Å². The first kappa shape index (κ1) is 8.02. The summed E-state index contributed by atoms with van der Waals surface area (Å²) >= 11 is 0. The van der Waals surface area contributed by atoms with Crippen molar-refractivity contribution in [2.24, 2.45) is 0 Å². The topological polar surface area (TPSA) is 29.5 Å². The van der Waals surface area contributed by atoms with Crippen LogP contribution in [-0.4, -0.2) is 23.9 Å². The average Bonchev–Trinajstić information content (AvgIpc) is 1.85. The van der Waals surface area contributed by atoms with Crippen LogP contribution in [0.2, 0.25) is 0 Å². The zero-order valence-corrected chi connectivity index (χ0v) is 6.55. The molecule has 0 aromatic rings. The molecule has 1 rings (SSSR count). The van der Waals surface area contributed by atoms with Gasteiger partial charge in [-0.3, -0.25) is 0 Å². The lowest BCUT2D eigenvalue weighted by Gasteiger charge is -2.31. The van der Waals surface area contributed by atoms with Crippen LogP contribution in [0.25, 0.3) is 0 Å². The van der Waals surface area contributed by atoms with Crippen molar-refractivity contribution in [3.63, 3.8) is 0 Å². The summed E-state index contributed by atoms with van der Waals surface area (Å²) < 4.78 is 5.43. The molecule has 0 saturated heterocycles. The zero-order valence-electron chi connectivity index (χ0n) is 6.55. The highest BCUT2D eigenvalue weighted by atomic mass is 16.5. The van der Waals surface area contributed by atoms with Crippen molar-refractivity contribution in [2.75, 3.05) is 6.61 Å². The second-order valence-corrected chi connectivity index (χ2v) is 2.97. The van der Waals surface area contributed by atoms with Crippen molar-refractivity contribution in [2.45, 2.75) is 44.8 Å². The summed E-state index contributed by atoms with van der Waals surface area (Å²) in [4.78, 5) is 0. The molecule has 10 heavy (non-hydrogen) atoms. The van der Waals surface area contributed by atoms with Crippen LogP contribution >= 0.6 is 0 Å². The van der Waals surface area contributed by atoms with Gasteiger partial charge in [-0.05, 0) is 19.3 Å². The van der Waals surface area contributed by atoms with E-state index in [-0.39, 0.29) is 6.10 Å². The minimum atomic E-state index is -0.0772. The Labute approximate surface area is 62.2 Å². The molecule has 1 fully saturated rings. The van der Waals surface area contributed by atoms with Crippen LogP contribution in [-0.2, 0) is 4.74 Å². The van der Waals surface area contributed by atoms with Gasteiger partial charge in [0.2, 0.25) is 0 Å². The Bertz CT molecular complexity index is 87.3. The molecule has 0 atom stereocenters. The molecule has 0 amide bonds. The quantitative estimate of drug-likeness (QED) is 0.603. The van der Waals surface area contributed by atoms with Crippen LogP contribution in [0.15, 0.2) is 0 Å². The average molecular weight is 144 g/mol. The predicted octanol–water partition coefficient (Wildman–Crippen LogP) is 1.33. The third-order valence-electron chi connectivity index (χ3n) is 1.92. The van der Waals surface area contributed by atoms with E-state index in [9.17, 15) is 0 Å². The first-order chi connectivity index (χ1) is 4.83. The zero-order chi connectivity index (χ0) is 7.40. The molecule has 1 aliphatic rings. The molecule has 2 nitrogen and oxygen atoms in total. The highest BCUT2D eigenvalue weighted by molar-refractivity contribution is 4.78. The molecule has 0 unspecified atom stereocenters. The van der Waals surface area contributed by atoms with Crippen LogP contribution in [0, 0.1) is 0 Å². The normalized spacial score (nSPS) is 31.8. The molecular weight excluding hydrogens is 128 g/mol. The smallest absolute Gasteiger partial charge is 0.0624 e. The predicted molar refractivity (Wildman–Crippen MR) is 39.9 cm³/mol. The lowest BCUT2D eigenvalue weighted by atomic mass is 9.92. The summed E-state index contributed by atoms with van der Waals surface area (Å²) in [5, 5.41) is 8.89. The Morgan fingerprint density at radius 1 is 1.50 bits per heavy atom. The van der Waals surface area contributed by atoms with Gasteiger partial charge in [-0.2, -0.15) is 0 Å². The summed E-state index contributed by atoms with van der Waals surface area (Å²) in [7, 11) is 0. The van der Waals surface area contributed by atoms with E-state index in [4.69, 9.17) is 9.84 Å². The third-order valence-corrected chi connectivity index (χ3v) is 1.92. The van der Waals surface area contributed by atoms with Crippen LogP contribution in [0.4, 0.5) is 0 Å². The molecule has 0 aromatic carbocycles. The third kappa shape index (κ3) is 2.27. The molecule has 1 aliphatic carbocycles. The van der Waals surface area contributed by atoms with Gasteiger partial charge in [0, 0.05) is 6.61 Å². The monoisotopic (exact) mass is 144 g/mol. The van der Waals surface area contributed by atoms with Crippen LogP contribution < -0.4 is 0 Å². The van der Waals surface area contributed by atoms with Gasteiger partial charge in [0.1, 0.15) is 0 Å². The maximum atomic E-state index is 8.89. The van der Waals surface area contributed by atoms with Crippen molar-refractivity contribution >= 4 is 0 Å². The number of rotatable bonds is 4. The fourth-order valence-corrected chi connectivity index (χ4v) is 1.07. The number of unbranched alkanes of at least 4 members (excludes halogenated alkanes) is 1. The number of ether oxygens (including phenoxy) is 1. The summed E-state index contributed by atoms with van der Waals surface area (Å²) in [5.41, 5.74) is 0. The van der Waals surface area contributed by atoms with Crippen LogP contribution in [0.3, 0.4) is 0 Å². The standard InChI is InChI=1S/C8H16O2/c1-2-3-4-10-8-5-7(9)6-8/h7-9H,2-6H2,1H3/t7-,8+. The second-order valence-electron chi connectivity index (χ2n) is 2.97. The van der Waals surface area contributed by atoms with Gasteiger partial charge in [0.05, 0.1) is 12.2 Å². The van der Waals surface area contributed by atoms with E-state index in [0.717, 1.165) is 25.9 Å². The number of aliphatic hydroxyl groups is 1. The van der Waals surface area contributed by atoms with Gasteiger partial charge in [0.25, 0.3) is 0 Å². The Hall–Kier alpha value is -0.0800. The van der Waals surface area contributed by atoms with Gasteiger partial charge in [0.15, 0.2) is 0 Å². The minimum Gasteiger partial charge on any atom is -0.393 e. The first-order valence-electron chi connectivity index (χ1n) is 4.12. The Morgan fingerprint density at radius 3 is 2.70 bits per heavy atom. The minimum absolute atomic E-state index is 0.0772. The number of aliphatic hydroxyl groups excluding tert-OH is 1. The Kier molecular flexibility index (Phi) is 3.16. The maximum absolute atomic E-state index is 8.89. The fourth-order valence-electron chi connectivity index (χ4n) is 1.07. The Morgan fingerprint density at radius 2 is 2.20 bits per heavy atom. The van der Waals surface area contributed by atoms with E-state index in [2.05, 4.69) is 6.92 Å². The largest absolute Gasteiger partial charge is 0.393 e. The number of hydrogen-bond acceptors (Lipinski definition) is 2. The lowest BCUT2D eigenvalue weighted by molar-refractivity contribution is -0.0711. The van der Waals surface area contributed by atoms with Gasteiger partial charge in [-0.15, -0.1) is 0 Å². The van der Waals surface area contributed by atoms with Crippen molar-refractivity contribution < 1.29 is 9.84 Å².